The average Bonchev–Trinajstić information content (AvgIpc) is 3.91. The summed E-state index contributed by atoms with van der Waals surface area (Å²) in [6.07, 6.45) is 5.07. The Balaban J connectivity index is 0.000000673. The first kappa shape index (κ1) is 57.0. The summed E-state index contributed by atoms with van der Waals surface area (Å²) >= 11 is 41.4. The molecule has 0 saturated heterocycles. The summed E-state index contributed by atoms with van der Waals surface area (Å²) < 4.78 is 28.5. The lowest BCUT2D eigenvalue weighted by Crippen LogP contribution is -2.03. The van der Waals surface area contributed by atoms with Gasteiger partial charge in [-0.3, -0.25) is 0 Å². The summed E-state index contributed by atoms with van der Waals surface area (Å²) in [6.45, 7) is 7.06. The molecule has 0 bridgehead atoms. The minimum absolute atomic E-state index is 0. The summed E-state index contributed by atoms with van der Waals surface area (Å²) in [7, 11) is 0. The molecule has 5 aliphatic heterocycles. The van der Waals surface area contributed by atoms with Gasteiger partial charge in [0.25, 0.3) is 0 Å². The van der Waals surface area contributed by atoms with Gasteiger partial charge in [-0.1, -0.05) is 103 Å². The Morgan fingerprint density at radius 3 is 1.38 bits per heavy atom. The van der Waals surface area contributed by atoms with Crippen LogP contribution in [0.15, 0.2) is 105 Å². The highest BCUT2D eigenvalue weighted by molar-refractivity contribution is 9.28. The SMILES string of the molecule is C.C/C=C1\OC(=O)C(CBr)=C1Br.CC1=C(Br)/C(=C(\C)Br)OC1=O.CC1=C(Br)/C(=C/Br)OC1=O.O=C1OC(=C(Br)Br)C=C1C(Br)Br.O=C1OC(=C(Br)Br)C=C1CBr. The molecular weight excluding hydrogens is 1600 g/mol. The Labute approximate surface area is 432 Å². The highest BCUT2D eigenvalue weighted by atomic mass is 79.9. The highest BCUT2D eigenvalue weighted by Crippen LogP contribution is 2.35. The second-order valence-electron chi connectivity index (χ2n) is 9.69. The molecule has 0 N–H and O–H groups in total. The van der Waals surface area contributed by atoms with Gasteiger partial charge in [0.2, 0.25) is 0 Å². The second kappa shape index (κ2) is 27.8. The summed E-state index contributed by atoms with van der Waals surface area (Å²) in [6, 6.07) is 0. The first-order chi connectivity index (χ1) is 25.6. The molecule has 5 rings (SSSR count). The second-order valence-corrected chi connectivity index (χ2v) is 23.2. The topological polar surface area (TPSA) is 132 Å². The molecule has 0 aromatic rings. The number of allylic oxidation sites excluding steroid dienone is 7. The van der Waals surface area contributed by atoms with Gasteiger partial charge in [0, 0.05) is 20.1 Å². The Bertz CT molecular complexity index is 1930. The van der Waals surface area contributed by atoms with E-state index in [1.54, 1.807) is 37.1 Å². The lowest BCUT2D eigenvalue weighted by Gasteiger charge is -1.97. The maximum absolute atomic E-state index is 11.1. The first-order valence-electron chi connectivity index (χ1n) is 14.1. The largest absolute Gasteiger partial charge is 0.422 e. The number of hydrogen-bond acceptors (Lipinski definition) is 10. The molecule has 5 heterocycles. The van der Waals surface area contributed by atoms with Crippen molar-refractivity contribution in [2.45, 2.75) is 38.9 Å². The molecule has 0 atom stereocenters. The zero-order valence-electron chi connectivity index (χ0n) is 27.8. The van der Waals surface area contributed by atoms with Crippen molar-refractivity contribution in [2.24, 2.45) is 0 Å². The fraction of sp³-hybridized carbons (Fsp3) is 0.242. The number of esters is 5. The van der Waals surface area contributed by atoms with E-state index < -0.39 is 0 Å². The third-order valence-electron chi connectivity index (χ3n) is 6.07. The van der Waals surface area contributed by atoms with Crippen molar-refractivity contribution in [2.75, 3.05) is 10.7 Å². The van der Waals surface area contributed by atoms with Crippen molar-refractivity contribution in [1.82, 2.24) is 0 Å². The van der Waals surface area contributed by atoms with Crippen LogP contribution in [0.25, 0.3) is 0 Å². The predicted octanol–water partition coefficient (Wildman–Crippen LogP) is 14.8. The molecule has 5 aliphatic rings. The Hall–Kier alpha value is 0.990. The van der Waals surface area contributed by atoms with E-state index in [-0.39, 0.29) is 41.0 Å². The van der Waals surface area contributed by atoms with Crippen molar-refractivity contribution < 1.29 is 47.7 Å². The van der Waals surface area contributed by atoms with Crippen LogP contribution in [-0.4, -0.2) is 44.2 Å². The number of hydrogen-bond donors (Lipinski definition) is 0. The van der Waals surface area contributed by atoms with Crippen LogP contribution in [0.3, 0.4) is 0 Å². The Morgan fingerprint density at radius 2 is 1.14 bits per heavy atom. The van der Waals surface area contributed by atoms with Crippen molar-refractivity contribution in [1.29, 1.82) is 0 Å². The normalized spacial score (nSPS) is 19.4. The molecule has 0 saturated carbocycles. The van der Waals surface area contributed by atoms with E-state index in [0.29, 0.717) is 74.1 Å². The maximum atomic E-state index is 11.1. The molecule has 308 valence electrons. The van der Waals surface area contributed by atoms with Gasteiger partial charge in [-0.25, -0.2) is 24.0 Å². The van der Waals surface area contributed by atoms with E-state index in [1.165, 1.54) is 0 Å². The number of alkyl halides is 4. The molecule has 0 spiro atoms. The minimum Gasteiger partial charge on any atom is -0.422 e. The quantitative estimate of drug-likeness (QED) is 0.153. The van der Waals surface area contributed by atoms with E-state index in [4.69, 9.17) is 23.7 Å². The van der Waals surface area contributed by atoms with Gasteiger partial charge in [-0.15, -0.1) is 0 Å². The zero-order valence-corrected chi connectivity index (χ0v) is 48.4. The van der Waals surface area contributed by atoms with Crippen LogP contribution in [0.1, 0.15) is 35.1 Å². The standard InChI is InChI=1S/2C7H6Br2O2.C6H2Br4O2.C6H3Br3O2.C6H4Br2O2.CH4/c1-3-5(9)6(4(2)8)11-7(3)10;1-2-5-6(9)4(3-8)7(10)11-5;7-4(8)2-1-3(5(9)10)12-6(2)11;7-2-3-1-4(5(8)9)11-6(3)10;1-3-5(8)4(2-7)10-6(3)9;/h1-2H3;2H,3H2,1H3;1,4H;1H,2H2;2H,1H3;1H4/b6-4-;5-2-;;;4-2-;. The zero-order chi connectivity index (χ0) is 42.5. The van der Waals surface area contributed by atoms with Gasteiger partial charge in [0.1, 0.15) is 16.3 Å². The molecule has 0 unspecified atom stereocenters. The monoisotopic (exact) mass is 1610 g/mol. The number of ether oxygens (including phenoxy) is 5. The van der Waals surface area contributed by atoms with E-state index >= 15 is 0 Å². The Kier molecular flexibility index (Phi) is 28.3. The van der Waals surface area contributed by atoms with E-state index in [1.807, 2.05) is 13.8 Å². The van der Waals surface area contributed by atoms with Gasteiger partial charge in [0.05, 0.1) is 41.3 Å². The summed E-state index contributed by atoms with van der Waals surface area (Å²) in [5, 5.41) is 1.03. The van der Waals surface area contributed by atoms with E-state index in [0.717, 1.165) is 17.9 Å². The molecule has 0 aromatic carbocycles. The number of halogens is 13. The lowest BCUT2D eigenvalue weighted by molar-refractivity contribution is -0.134. The minimum atomic E-state index is -0.347. The molecule has 0 aromatic heterocycles. The molecule has 10 nitrogen and oxygen atoms in total. The van der Waals surface area contributed by atoms with Crippen molar-refractivity contribution in [3.8, 4) is 0 Å². The van der Waals surface area contributed by atoms with E-state index in [9.17, 15) is 24.0 Å². The van der Waals surface area contributed by atoms with Gasteiger partial charge in [0.15, 0.2) is 23.0 Å². The molecule has 23 heteroatoms. The summed E-state index contributed by atoms with van der Waals surface area (Å²) in [5.74, 6) is 1.21. The van der Waals surface area contributed by atoms with Gasteiger partial charge < -0.3 is 23.7 Å². The summed E-state index contributed by atoms with van der Waals surface area (Å²) in [5.41, 5.74) is 3.01. The molecule has 0 amide bonds. The summed E-state index contributed by atoms with van der Waals surface area (Å²) in [4.78, 5) is 56.3. The third-order valence-corrected chi connectivity index (χ3v) is 13.4. The predicted molar refractivity (Wildman–Crippen MR) is 264 cm³/mol. The van der Waals surface area contributed by atoms with Crippen LogP contribution in [0, 0.1) is 0 Å². The van der Waals surface area contributed by atoms with Gasteiger partial charge in [-0.05, 0) is 157 Å². The van der Waals surface area contributed by atoms with Gasteiger partial charge >= 0.3 is 29.8 Å². The molecule has 0 radical (unpaired) electrons. The lowest BCUT2D eigenvalue weighted by atomic mass is 10.3. The van der Waals surface area contributed by atoms with Crippen LogP contribution < -0.4 is 0 Å². The van der Waals surface area contributed by atoms with Crippen LogP contribution >= 0.6 is 207 Å². The maximum Gasteiger partial charge on any atom is 0.341 e. The van der Waals surface area contributed by atoms with Crippen LogP contribution in [0.2, 0.25) is 0 Å². The molecule has 56 heavy (non-hydrogen) atoms. The molecule has 0 aliphatic carbocycles. The number of carbonyl (C=O) groups is 5. The van der Waals surface area contributed by atoms with E-state index in [2.05, 4.69) is 207 Å². The highest BCUT2D eigenvalue weighted by Gasteiger charge is 2.28. The van der Waals surface area contributed by atoms with Crippen molar-refractivity contribution in [3.05, 3.63) is 105 Å². The average molecular weight is 1620 g/mol. The van der Waals surface area contributed by atoms with Crippen LogP contribution in [0.5, 0.6) is 0 Å². The first-order valence-corrected chi connectivity index (χ1v) is 25.4. The molecular formula is C33H25Br13O10. The number of carbonyl (C=O) groups excluding carboxylic acids is 5. The van der Waals surface area contributed by atoms with Crippen molar-refractivity contribution in [3.63, 3.8) is 0 Å². The third kappa shape index (κ3) is 17.0. The fourth-order valence-corrected chi connectivity index (χ4v) is 8.62. The number of rotatable bonds is 3. The Morgan fingerprint density at radius 1 is 0.661 bits per heavy atom. The van der Waals surface area contributed by atoms with Gasteiger partial charge in [-0.2, -0.15) is 0 Å². The van der Waals surface area contributed by atoms with Crippen LogP contribution in [0.4, 0.5) is 0 Å². The smallest absolute Gasteiger partial charge is 0.341 e. The van der Waals surface area contributed by atoms with Crippen LogP contribution in [-0.2, 0) is 47.7 Å². The van der Waals surface area contributed by atoms with Crippen molar-refractivity contribution >= 4 is 237 Å². The fourth-order valence-electron chi connectivity index (χ4n) is 3.24. The molecule has 0 fully saturated rings. The number of cyclic esters (lactones) is 5.